The van der Waals surface area contributed by atoms with Crippen LogP contribution in [0.2, 0.25) is 0 Å². The molecular weight excluding hydrogens is 337 g/mol. The molecule has 1 heterocycles. The van der Waals surface area contributed by atoms with Crippen LogP contribution < -0.4 is 5.32 Å². The largest absolute Gasteiger partial charge is 0.323 e. The average molecular weight is 354 g/mol. The first-order valence-corrected chi connectivity index (χ1v) is 7.44. The lowest BCUT2D eigenvalue weighted by atomic mass is 10.1. The Kier molecular flexibility index (Phi) is 4.77. The van der Waals surface area contributed by atoms with Crippen molar-refractivity contribution in [2.75, 3.05) is 5.32 Å². The molecule has 0 fully saturated rings. The Morgan fingerprint density at radius 3 is 2.67 bits per heavy atom. The fraction of sp³-hybridized carbons (Fsp3) is 0.333. The third-order valence-corrected chi connectivity index (χ3v) is 4.47. The van der Waals surface area contributed by atoms with Crippen LogP contribution in [0.3, 0.4) is 0 Å². The van der Waals surface area contributed by atoms with Gasteiger partial charge in [-0.3, -0.25) is 9.48 Å². The predicted molar refractivity (Wildman–Crippen MR) is 83.6 cm³/mol. The zero-order valence-electron chi connectivity index (χ0n) is 12.2. The van der Waals surface area contributed by atoms with Gasteiger partial charge in [0.05, 0.1) is 28.3 Å². The van der Waals surface area contributed by atoms with Gasteiger partial charge in [-0.25, -0.2) is 4.39 Å². The number of rotatable bonds is 4. The number of hydrogen-bond donors (Lipinski definition) is 1. The number of aromatic nitrogens is 2. The van der Waals surface area contributed by atoms with Crippen molar-refractivity contribution in [2.45, 2.75) is 27.3 Å². The first-order valence-electron chi connectivity index (χ1n) is 6.65. The lowest BCUT2D eigenvalue weighted by molar-refractivity contribution is -0.119. The standard InChI is InChI=1S/C15H17BrFN3O/c1-9(8-20-11(3)14(16)10(2)19-20)15(21)18-13-7-5-4-6-12(13)17/h4-7,9H,8H2,1-3H3,(H,18,21). The highest BCUT2D eigenvalue weighted by molar-refractivity contribution is 9.10. The molecule has 1 aromatic carbocycles. The summed E-state index contributed by atoms with van der Waals surface area (Å²) in [5.41, 5.74) is 2.05. The Morgan fingerprint density at radius 1 is 1.43 bits per heavy atom. The van der Waals surface area contributed by atoms with Crippen molar-refractivity contribution in [3.63, 3.8) is 0 Å². The van der Waals surface area contributed by atoms with Gasteiger partial charge in [0.2, 0.25) is 5.91 Å². The van der Waals surface area contributed by atoms with Crippen LogP contribution in [0.4, 0.5) is 10.1 Å². The molecule has 1 N–H and O–H groups in total. The highest BCUT2D eigenvalue weighted by atomic mass is 79.9. The van der Waals surface area contributed by atoms with Crippen LogP contribution in [0.5, 0.6) is 0 Å². The summed E-state index contributed by atoms with van der Waals surface area (Å²) in [6.45, 7) is 6.07. The number of hydrogen-bond acceptors (Lipinski definition) is 2. The van der Waals surface area contributed by atoms with Gasteiger partial charge in [0.25, 0.3) is 0 Å². The Morgan fingerprint density at radius 2 is 2.10 bits per heavy atom. The number of aryl methyl sites for hydroxylation is 1. The second-order valence-electron chi connectivity index (χ2n) is 5.04. The molecule has 0 aliphatic carbocycles. The van der Waals surface area contributed by atoms with Gasteiger partial charge in [-0.2, -0.15) is 5.10 Å². The molecule has 1 unspecified atom stereocenters. The minimum absolute atomic E-state index is 0.198. The minimum atomic E-state index is -0.438. The van der Waals surface area contributed by atoms with E-state index in [4.69, 9.17) is 0 Å². The highest BCUT2D eigenvalue weighted by Gasteiger charge is 2.18. The Labute approximate surface area is 131 Å². The van der Waals surface area contributed by atoms with E-state index in [2.05, 4.69) is 26.3 Å². The predicted octanol–water partition coefficient (Wildman–Crippen LogP) is 3.68. The van der Waals surface area contributed by atoms with Crippen LogP contribution in [0, 0.1) is 25.6 Å². The van der Waals surface area contributed by atoms with Gasteiger partial charge >= 0.3 is 0 Å². The first-order chi connectivity index (χ1) is 9.90. The molecule has 0 aliphatic rings. The van der Waals surface area contributed by atoms with E-state index in [1.165, 1.54) is 6.07 Å². The minimum Gasteiger partial charge on any atom is -0.323 e. The van der Waals surface area contributed by atoms with E-state index in [1.807, 2.05) is 13.8 Å². The molecular formula is C15H17BrFN3O. The van der Waals surface area contributed by atoms with Crippen molar-refractivity contribution in [3.8, 4) is 0 Å². The zero-order valence-corrected chi connectivity index (χ0v) is 13.7. The van der Waals surface area contributed by atoms with Gasteiger partial charge in [-0.05, 0) is 41.9 Å². The van der Waals surface area contributed by atoms with E-state index in [1.54, 1.807) is 29.8 Å². The van der Waals surface area contributed by atoms with Crippen molar-refractivity contribution in [1.29, 1.82) is 0 Å². The number of nitrogens with zero attached hydrogens (tertiary/aromatic N) is 2. The molecule has 112 valence electrons. The molecule has 2 aromatic rings. The van der Waals surface area contributed by atoms with Crippen molar-refractivity contribution >= 4 is 27.5 Å². The fourth-order valence-corrected chi connectivity index (χ4v) is 2.30. The second-order valence-corrected chi connectivity index (χ2v) is 5.83. The summed E-state index contributed by atoms with van der Waals surface area (Å²) >= 11 is 3.46. The quantitative estimate of drug-likeness (QED) is 0.911. The van der Waals surface area contributed by atoms with Crippen molar-refractivity contribution in [3.05, 3.63) is 45.9 Å². The van der Waals surface area contributed by atoms with Gasteiger partial charge in [0, 0.05) is 5.69 Å². The molecule has 1 atom stereocenters. The zero-order chi connectivity index (χ0) is 15.6. The topological polar surface area (TPSA) is 46.9 Å². The molecule has 0 radical (unpaired) electrons. The Bertz CT molecular complexity index is 669. The molecule has 0 aliphatic heterocycles. The molecule has 0 bridgehead atoms. The van der Waals surface area contributed by atoms with E-state index in [0.717, 1.165) is 15.9 Å². The van der Waals surface area contributed by atoms with Crippen molar-refractivity contribution < 1.29 is 9.18 Å². The fourth-order valence-electron chi connectivity index (χ4n) is 2.01. The highest BCUT2D eigenvalue weighted by Crippen LogP contribution is 2.21. The normalized spacial score (nSPS) is 12.2. The molecule has 1 amide bonds. The average Bonchev–Trinajstić information content (AvgIpc) is 2.68. The molecule has 2 rings (SSSR count). The summed E-state index contributed by atoms with van der Waals surface area (Å²) in [6.07, 6.45) is 0. The van der Waals surface area contributed by atoms with E-state index in [0.29, 0.717) is 6.54 Å². The summed E-state index contributed by atoms with van der Waals surface area (Å²) in [7, 11) is 0. The maximum absolute atomic E-state index is 13.5. The summed E-state index contributed by atoms with van der Waals surface area (Å²) < 4.78 is 16.3. The summed E-state index contributed by atoms with van der Waals surface area (Å²) in [6, 6.07) is 6.13. The van der Waals surface area contributed by atoms with Crippen LogP contribution in [0.15, 0.2) is 28.7 Å². The van der Waals surface area contributed by atoms with Crippen LogP contribution in [-0.2, 0) is 11.3 Å². The van der Waals surface area contributed by atoms with Crippen LogP contribution >= 0.6 is 15.9 Å². The van der Waals surface area contributed by atoms with Crippen molar-refractivity contribution in [2.24, 2.45) is 5.92 Å². The molecule has 0 saturated carbocycles. The van der Waals surface area contributed by atoms with Gasteiger partial charge in [-0.1, -0.05) is 19.1 Å². The number of para-hydroxylation sites is 1. The van der Waals surface area contributed by atoms with Gasteiger partial charge in [0.1, 0.15) is 5.82 Å². The van der Waals surface area contributed by atoms with Crippen LogP contribution in [0.25, 0.3) is 0 Å². The van der Waals surface area contributed by atoms with E-state index < -0.39 is 5.82 Å². The summed E-state index contributed by atoms with van der Waals surface area (Å²) in [5.74, 6) is -0.995. The number of carbonyl (C=O) groups excluding carboxylic acids is 1. The number of halogens is 2. The molecule has 6 heteroatoms. The Hall–Kier alpha value is -1.69. The SMILES string of the molecule is Cc1nn(CC(C)C(=O)Nc2ccccc2F)c(C)c1Br. The number of amides is 1. The summed E-state index contributed by atoms with van der Waals surface area (Å²) in [5, 5.41) is 6.98. The molecule has 0 saturated heterocycles. The summed E-state index contributed by atoms with van der Waals surface area (Å²) in [4.78, 5) is 12.1. The third-order valence-electron chi connectivity index (χ3n) is 3.32. The molecule has 4 nitrogen and oxygen atoms in total. The van der Waals surface area contributed by atoms with E-state index in [-0.39, 0.29) is 17.5 Å². The third kappa shape index (κ3) is 3.50. The maximum Gasteiger partial charge on any atom is 0.229 e. The lowest BCUT2D eigenvalue weighted by Crippen LogP contribution is -2.25. The smallest absolute Gasteiger partial charge is 0.229 e. The van der Waals surface area contributed by atoms with Gasteiger partial charge in [-0.15, -0.1) is 0 Å². The van der Waals surface area contributed by atoms with Crippen LogP contribution in [-0.4, -0.2) is 15.7 Å². The number of anilines is 1. The first kappa shape index (κ1) is 15.7. The molecule has 21 heavy (non-hydrogen) atoms. The second kappa shape index (κ2) is 6.39. The van der Waals surface area contributed by atoms with Crippen LogP contribution in [0.1, 0.15) is 18.3 Å². The molecule has 1 aromatic heterocycles. The van der Waals surface area contributed by atoms with E-state index in [9.17, 15) is 9.18 Å². The Balaban J connectivity index is 2.06. The van der Waals surface area contributed by atoms with Gasteiger partial charge < -0.3 is 5.32 Å². The molecule has 0 spiro atoms. The maximum atomic E-state index is 13.5. The van der Waals surface area contributed by atoms with Crippen molar-refractivity contribution in [1.82, 2.24) is 9.78 Å². The number of carbonyl (C=O) groups is 1. The van der Waals surface area contributed by atoms with E-state index >= 15 is 0 Å². The van der Waals surface area contributed by atoms with Gasteiger partial charge in [0.15, 0.2) is 0 Å². The number of nitrogens with one attached hydrogen (secondary N) is 1. The number of benzene rings is 1. The lowest BCUT2D eigenvalue weighted by Gasteiger charge is -2.13. The monoisotopic (exact) mass is 353 g/mol.